The number of benzene rings is 1. The first-order valence-corrected chi connectivity index (χ1v) is 11.4. The standard InChI is InChI=1S/C23H26N4O2S/c1-3-29-22(28)20-15(2)27-21(25-18-8-6-4-5-7-9-18)19(26-23(27)30-20)17-12-10-16(14-24)11-13-17/h10-13,18,25H,3-9H2,1-2H3. The van der Waals surface area contributed by atoms with Crippen molar-refractivity contribution in [3.05, 3.63) is 40.4 Å². The van der Waals surface area contributed by atoms with Gasteiger partial charge < -0.3 is 10.1 Å². The zero-order valence-corrected chi connectivity index (χ0v) is 18.2. The molecule has 0 radical (unpaired) electrons. The molecule has 156 valence electrons. The normalized spacial score (nSPS) is 15.0. The number of rotatable bonds is 5. The molecule has 3 aromatic rings. The van der Waals surface area contributed by atoms with Crippen molar-refractivity contribution in [3.63, 3.8) is 0 Å². The second kappa shape index (κ2) is 8.88. The number of carbonyl (C=O) groups excluding carboxylic acids is 1. The van der Waals surface area contributed by atoms with Crippen LogP contribution in [0.4, 0.5) is 5.82 Å². The van der Waals surface area contributed by atoms with E-state index in [-0.39, 0.29) is 5.97 Å². The van der Waals surface area contributed by atoms with Crippen molar-refractivity contribution in [2.45, 2.75) is 58.4 Å². The first kappa shape index (κ1) is 20.4. The van der Waals surface area contributed by atoms with Gasteiger partial charge in [-0.1, -0.05) is 49.2 Å². The Morgan fingerprint density at radius 2 is 1.97 bits per heavy atom. The van der Waals surface area contributed by atoms with E-state index in [9.17, 15) is 4.79 Å². The number of thiazole rings is 1. The van der Waals surface area contributed by atoms with Crippen molar-refractivity contribution >= 4 is 28.1 Å². The summed E-state index contributed by atoms with van der Waals surface area (Å²) in [6, 6.07) is 10.0. The molecule has 0 spiro atoms. The van der Waals surface area contributed by atoms with Crippen molar-refractivity contribution < 1.29 is 9.53 Å². The molecule has 6 nitrogen and oxygen atoms in total. The Morgan fingerprint density at radius 3 is 2.60 bits per heavy atom. The minimum atomic E-state index is -0.300. The van der Waals surface area contributed by atoms with E-state index in [0.29, 0.717) is 23.1 Å². The molecule has 0 atom stereocenters. The number of aromatic nitrogens is 2. The Balaban J connectivity index is 1.81. The van der Waals surface area contributed by atoms with Crippen LogP contribution in [0.5, 0.6) is 0 Å². The number of imidazole rings is 1. The Hall–Kier alpha value is -2.85. The Labute approximate surface area is 180 Å². The van der Waals surface area contributed by atoms with Crippen LogP contribution in [0.2, 0.25) is 0 Å². The Kier molecular flexibility index (Phi) is 6.05. The quantitative estimate of drug-likeness (QED) is 0.430. The Bertz CT molecular complexity index is 1080. The van der Waals surface area contributed by atoms with Gasteiger partial charge >= 0.3 is 5.97 Å². The predicted molar refractivity (Wildman–Crippen MR) is 119 cm³/mol. The number of fused-ring (bicyclic) bond motifs is 1. The van der Waals surface area contributed by atoms with Gasteiger partial charge in [0.05, 0.1) is 18.2 Å². The number of nitriles is 1. The first-order chi connectivity index (χ1) is 14.6. The van der Waals surface area contributed by atoms with E-state index >= 15 is 0 Å². The van der Waals surface area contributed by atoms with E-state index in [4.69, 9.17) is 15.0 Å². The maximum Gasteiger partial charge on any atom is 0.350 e. The van der Waals surface area contributed by atoms with Crippen LogP contribution in [0.25, 0.3) is 16.2 Å². The molecular weight excluding hydrogens is 396 g/mol. The molecule has 2 aromatic heterocycles. The molecule has 2 heterocycles. The molecule has 4 rings (SSSR count). The minimum absolute atomic E-state index is 0.300. The highest BCUT2D eigenvalue weighted by Gasteiger charge is 2.25. The molecule has 1 N–H and O–H groups in total. The van der Waals surface area contributed by atoms with Crippen molar-refractivity contribution in [1.29, 1.82) is 5.26 Å². The van der Waals surface area contributed by atoms with E-state index in [1.807, 2.05) is 38.1 Å². The third kappa shape index (κ3) is 3.92. The smallest absolute Gasteiger partial charge is 0.350 e. The lowest BCUT2D eigenvalue weighted by molar-refractivity contribution is 0.0531. The van der Waals surface area contributed by atoms with E-state index < -0.39 is 0 Å². The number of esters is 1. The molecule has 1 aliphatic carbocycles. The molecule has 0 unspecified atom stereocenters. The number of hydrogen-bond acceptors (Lipinski definition) is 6. The largest absolute Gasteiger partial charge is 0.462 e. The predicted octanol–water partition coefficient (Wildman–Crippen LogP) is 5.55. The summed E-state index contributed by atoms with van der Waals surface area (Å²) in [5.74, 6) is 0.622. The van der Waals surface area contributed by atoms with E-state index in [2.05, 4.69) is 15.8 Å². The highest BCUT2D eigenvalue weighted by Crippen LogP contribution is 2.36. The summed E-state index contributed by atoms with van der Waals surface area (Å²) in [6.07, 6.45) is 7.28. The number of nitrogens with zero attached hydrogens (tertiary/aromatic N) is 3. The topological polar surface area (TPSA) is 79.4 Å². The van der Waals surface area contributed by atoms with Gasteiger partial charge in [0.1, 0.15) is 16.4 Å². The van der Waals surface area contributed by atoms with Gasteiger partial charge in [0.2, 0.25) is 0 Å². The lowest BCUT2D eigenvalue weighted by Gasteiger charge is -2.18. The number of hydrogen-bond donors (Lipinski definition) is 1. The van der Waals surface area contributed by atoms with Crippen LogP contribution in [-0.4, -0.2) is 28.0 Å². The third-order valence-corrected chi connectivity index (χ3v) is 6.77. The van der Waals surface area contributed by atoms with Crippen LogP contribution in [0, 0.1) is 18.3 Å². The average Bonchev–Trinajstić information content (AvgIpc) is 3.13. The van der Waals surface area contributed by atoms with Crippen LogP contribution < -0.4 is 5.32 Å². The molecule has 0 saturated heterocycles. The van der Waals surface area contributed by atoms with Gasteiger partial charge in [-0.2, -0.15) is 5.26 Å². The van der Waals surface area contributed by atoms with Crippen molar-refractivity contribution in [2.75, 3.05) is 11.9 Å². The van der Waals surface area contributed by atoms with Crippen LogP contribution in [0.1, 0.15) is 66.4 Å². The van der Waals surface area contributed by atoms with Gasteiger partial charge in [-0.25, -0.2) is 9.78 Å². The molecule has 1 fully saturated rings. The van der Waals surface area contributed by atoms with Gasteiger partial charge in [-0.15, -0.1) is 0 Å². The van der Waals surface area contributed by atoms with Gasteiger partial charge in [-0.3, -0.25) is 4.40 Å². The molecule has 0 amide bonds. The lowest BCUT2D eigenvalue weighted by Crippen LogP contribution is -2.20. The maximum absolute atomic E-state index is 12.4. The third-order valence-electron chi connectivity index (χ3n) is 5.65. The maximum atomic E-state index is 12.4. The average molecular weight is 423 g/mol. The Morgan fingerprint density at radius 1 is 1.27 bits per heavy atom. The zero-order chi connectivity index (χ0) is 21.1. The van der Waals surface area contributed by atoms with E-state index in [0.717, 1.165) is 40.6 Å². The van der Waals surface area contributed by atoms with E-state index in [1.165, 1.54) is 37.0 Å². The molecule has 0 aliphatic heterocycles. The molecule has 7 heteroatoms. The fourth-order valence-electron chi connectivity index (χ4n) is 4.09. The van der Waals surface area contributed by atoms with Crippen LogP contribution >= 0.6 is 11.3 Å². The number of aryl methyl sites for hydroxylation is 1. The van der Waals surface area contributed by atoms with Crippen molar-refractivity contribution in [1.82, 2.24) is 9.38 Å². The van der Waals surface area contributed by atoms with Crippen molar-refractivity contribution in [2.24, 2.45) is 0 Å². The lowest BCUT2D eigenvalue weighted by atomic mass is 10.1. The SMILES string of the molecule is CCOC(=O)c1sc2nc(-c3ccc(C#N)cc3)c(NC3CCCCCC3)n2c1C. The van der Waals surface area contributed by atoms with Crippen molar-refractivity contribution in [3.8, 4) is 17.3 Å². The van der Waals surface area contributed by atoms with E-state index in [1.54, 1.807) is 0 Å². The highest BCUT2D eigenvalue weighted by molar-refractivity contribution is 7.19. The van der Waals surface area contributed by atoms with Gasteiger partial charge in [0.25, 0.3) is 0 Å². The molecule has 1 aromatic carbocycles. The summed E-state index contributed by atoms with van der Waals surface area (Å²) in [6.45, 7) is 4.11. The summed E-state index contributed by atoms with van der Waals surface area (Å²) < 4.78 is 7.28. The number of carbonyl (C=O) groups is 1. The van der Waals surface area contributed by atoms with Gasteiger partial charge in [0.15, 0.2) is 4.96 Å². The molecular formula is C23H26N4O2S. The summed E-state index contributed by atoms with van der Waals surface area (Å²) >= 11 is 1.36. The molecule has 1 saturated carbocycles. The molecule has 30 heavy (non-hydrogen) atoms. The second-order valence-corrected chi connectivity index (χ2v) is 8.66. The number of nitrogens with one attached hydrogen (secondary N) is 1. The van der Waals surface area contributed by atoms with Gasteiger partial charge in [-0.05, 0) is 38.8 Å². The zero-order valence-electron chi connectivity index (χ0n) is 17.4. The minimum Gasteiger partial charge on any atom is -0.462 e. The number of anilines is 1. The van der Waals surface area contributed by atoms with Crippen LogP contribution in [0.15, 0.2) is 24.3 Å². The summed E-state index contributed by atoms with van der Waals surface area (Å²) in [7, 11) is 0. The van der Waals surface area contributed by atoms with Crippen LogP contribution in [-0.2, 0) is 4.74 Å². The molecule has 0 bridgehead atoms. The molecule has 1 aliphatic rings. The summed E-state index contributed by atoms with van der Waals surface area (Å²) in [5.41, 5.74) is 3.28. The monoisotopic (exact) mass is 422 g/mol. The number of ether oxygens (including phenoxy) is 1. The van der Waals surface area contributed by atoms with Gasteiger partial charge in [0, 0.05) is 17.3 Å². The summed E-state index contributed by atoms with van der Waals surface area (Å²) in [5, 5.41) is 12.9. The first-order valence-electron chi connectivity index (χ1n) is 10.6. The highest BCUT2D eigenvalue weighted by atomic mass is 32.1. The van der Waals surface area contributed by atoms with Crippen LogP contribution in [0.3, 0.4) is 0 Å². The second-order valence-electron chi connectivity index (χ2n) is 7.69. The fourth-order valence-corrected chi connectivity index (χ4v) is 5.11. The summed E-state index contributed by atoms with van der Waals surface area (Å²) in [4.78, 5) is 18.6. The fraction of sp³-hybridized carbons (Fsp3) is 0.435.